The maximum Gasteiger partial charge on any atom is 0.321 e. The summed E-state index contributed by atoms with van der Waals surface area (Å²) in [6, 6.07) is 2.37. The van der Waals surface area contributed by atoms with E-state index in [0.717, 1.165) is 11.3 Å². The van der Waals surface area contributed by atoms with E-state index >= 15 is 0 Å². The number of aromatic nitrogens is 1. The van der Waals surface area contributed by atoms with Gasteiger partial charge >= 0.3 is 12.0 Å². The number of nitro groups is 1. The topological polar surface area (TPSA) is 123 Å². The Morgan fingerprint density at radius 2 is 2.04 bits per heavy atom. The number of ether oxygens (including phenoxy) is 1. The number of nitrogens with one attached hydrogen (secondary N) is 2. The van der Waals surface area contributed by atoms with Gasteiger partial charge in [0, 0.05) is 12.6 Å². The molecule has 0 aliphatic rings. The minimum absolute atomic E-state index is 0.184. The molecule has 9 nitrogen and oxygen atoms in total. The van der Waals surface area contributed by atoms with Crippen LogP contribution in [0.1, 0.15) is 33.3 Å². The van der Waals surface area contributed by atoms with Crippen molar-refractivity contribution in [1.82, 2.24) is 10.3 Å². The molecule has 0 saturated heterocycles. The molecule has 10 heteroatoms. The van der Waals surface area contributed by atoms with Gasteiger partial charge in [-0.2, -0.15) is 0 Å². The van der Waals surface area contributed by atoms with Gasteiger partial charge in [0.1, 0.15) is 5.60 Å². The van der Waals surface area contributed by atoms with Crippen molar-refractivity contribution in [2.45, 2.75) is 39.7 Å². The second-order valence-electron chi connectivity index (χ2n) is 6.44. The zero-order valence-electron chi connectivity index (χ0n) is 14.9. The normalized spacial score (nSPS) is 11.2. The van der Waals surface area contributed by atoms with Crippen molar-refractivity contribution in [3.8, 4) is 0 Å². The number of hydrogen-bond acceptors (Lipinski definition) is 7. The molecule has 0 bridgehead atoms. The maximum absolute atomic E-state index is 12.2. The summed E-state index contributed by atoms with van der Waals surface area (Å²) >= 11 is 1.07. The van der Waals surface area contributed by atoms with Crippen LogP contribution in [0.2, 0.25) is 0 Å². The third kappa shape index (κ3) is 4.88. The summed E-state index contributed by atoms with van der Waals surface area (Å²) in [7, 11) is 0. The van der Waals surface area contributed by atoms with E-state index < -0.39 is 22.5 Å². The molecule has 2 rings (SSSR count). The molecule has 1 heterocycles. The summed E-state index contributed by atoms with van der Waals surface area (Å²) in [5, 5.41) is 16.8. The SMILES string of the molecule is CCNC(=O)Nc1nc2ccc([N+](=O)[O-])c(CC(=O)OC(C)(C)C)c2s1. The van der Waals surface area contributed by atoms with Gasteiger partial charge in [-0.3, -0.25) is 20.2 Å². The molecule has 1 aromatic carbocycles. The monoisotopic (exact) mass is 380 g/mol. The fraction of sp³-hybridized carbons (Fsp3) is 0.438. The molecule has 0 radical (unpaired) electrons. The highest BCUT2D eigenvalue weighted by Gasteiger charge is 2.25. The van der Waals surface area contributed by atoms with Crippen LogP contribution in [-0.4, -0.2) is 34.1 Å². The predicted octanol–water partition coefficient (Wildman–Crippen LogP) is 3.23. The molecule has 0 unspecified atom stereocenters. The second-order valence-corrected chi connectivity index (χ2v) is 7.43. The van der Waals surface area contributed by atoms with Crippen LogP contribution in [0.15, 0.2) is 12.1 Å². The average molecular weight is 380 g/mol. The molecule has 2 amide bonds. The molecule has 2 N–H and O–H groups in total. The van der Waals surface area contributed by atoms with Gasteiger partial charge in [-0.1, -0.05) is 11.3 Å². The van der Waals surface area contributed by atoms with Crippen LogP contribution in [0.25, 0.3) is 10.2 Å². The molecule has 0 aliphatic carbocycles. The summed E-state index contributed by atoms with van der Waals surface area (Å²) in [5.41, 5.74) is -0.191. The number of rotatable bonds is 5. The fourth-order valence-electron chi connectivity index (χ4n) is 2.26. The molecule has 0 fully saturated rings. The maximum atomic E-state index is 12.2. The zero-order valence-corrected chi connectivity index (χ0v) is 15.7. The summed E-state index contributed by atoms with van der Waals surface area (Å²) in [4.78, 5) is 38.9. The van der Waals surface area contributed by atoms with Crippen LogP contribution in [-0.2, 0) is 16.0 Å². The minimum atomic E-state index is -0.696. The van der Waals surface area contributed by atoms with Gasteiger partial charge in [0.2, 0.25) is 0 Å². The van der Waals surface area contributed by atoms with E-state index in [1.54, 1.807) is 27.7 Å². The number of carbonyl (C=O) groups is 2. The van der Waals surface area contributed by atoms with Gasteiger partial charge in [-0.25, -0.2) is 9.78 Å². The Labute approximate surface area is 153 Å². The van der Waals surface area contributed by atoms with Crippen molar-refractivity contribution in [3.63, 3.8) is 0 Å². The summed E-state index contributed by atoms with van der Waals surface area (Å²) in [6.07, 6.45) is -0.256. The Hall–Kier alpha value is -2.75. The molecule has 2 aromatic rings. The van der Waals surface area contributed by atoms with Crippen LogP contribution in [0.3, 0.4) is 0 Å². The van der Waals surface area contributed by atoms with Gasteiger partial charge in [0.25, 0.3) is 5.69 Å². The van der Waals surface area contributed by atoms with Crippen LogP contribution < -0.4 is 10.6 Å². The number of urea groups is 1. The standard InChI is InChI=1S/C16H20N4O5S/c1-5-17-14(22)19-15-18-10-6-7-11(20(23)24)9(13(10)26-15)8-12(21)25-16(2,3)4/h6-7H,5,8H2,1-4H3,(H2,17,18,19,22). The van der Waals surface area contributed by atoms with Crippen LogP contribution in [0.4, 0.5) is 15.6 Å². The van der Waals surface area contributed by atoms with Crippen molar-refractivity contribution in [1.29, 1.82) is 0 Å². The third-order valence-corrected chi connectivity index (χ3v) is 4.18. The first-order valence-corrected chi connectivity index (χ1v) is 8.76. The average Bonchev–Trinajstić information content (AvgIpc) is 2.88. The number of fused-ring (bicyclic) bond motifs is 1. The Morgan fingerprint density at radius 1 is 1.35 bits per heavy atom. The molecular formula is C16H20N4O5S. The van der Waals surface area contributed by atoms with Gasteiger partial charge in [-0.05, 0) is 33.8 Å². The van der Waals surface area contributed by atoms with Crippen molar-refractivity contribution in [3.05, 3.63) is 27.8 Å². The molecular weight excluding hydrogens is 360 g/mol. The highest BCUT2D eigenvalue weighted by molar-refractivity contribution is 7.22. The summed E-state index contributed by atoms with van der Waals surface area (Å²) < 4.78 is 5.74. The van der Waals surface area contributed by atoms with Crippen LogP contribution >= 0.6 is 11.3 Å². The number of amides is 2. The lowest BCUT2D eigenvalue weighted by Gasteiger charge is -2.19. The fourth-order valence-corrected chi connectivity index (χ4v) is 3.25. The largest absolute Gasteiger partial charge is 0.460 e. The number of esters is 1. The minimum Gasteiger partial charge on any atom is -0.460 e. The van der Waals surface area contributed by atoms with E-state index in [0.29, 0.717) is 16.8 Å². The van der Waals surface area contributed by atoms with E-state index in [9.17, 15) is 19.7 Å². The molecule has 0 saturated carbocycles. The first kappa shape index (κ1) is 19.6. The van der Waals surface area contributed by atoms with E-state index in [2.05, 4.69) is 15.6 Å². The second kappa shape index (κ2) is 7.65. The first-order valence-electron chi connectivity index (χ1n) is 7.94. The van der Waals surface area contributed by atoms with Crippen molar-refractivity contribution in [2.75, 3.05) is 11.9 Å². The smallest absolute Gasteiger partial charge is 0.321 e. The first-order chi connectivity index (χ1) is 12.1. The lowest BCUT2D eigenvalue weighted by molar-refractivity contribution is -0.385. The number of nitro benzene ring substituents is 1. The molecule has 140 valence electrons. The number of anilines is 1. The molecule has 1 aromatic heterocycles. The van der Waals surface area contributed by atoms with Crippen molar-refractivity contribution in [2.24, 2.45) is 0 Å². The van der Waals surface area contributed by atoms with Crippen LogP contribution in [0, 0.1) is 10.1 Å². The third-order valence-electron chi connectivity index (χ3n) is 3.13. The molecule has 0 atom stereocenters. The number of thiazole rings is 1. The van der Waals surface area contributed by atoms with E-state index in [1.807, 2.05) is 0 Å². The van der Waals surface area contributed by atoms with Crippen LogP contribution in [0.5, 0.6) is 0 Å². The Kier molecular flexibility index (Phi) is 5.76. The van der Waals surface area contributed by atoms with Gasteiger partial charge in [0.05, 0.1) is 27.1 Å². The molecule has 0 aliphatic heterocycles. The number of nitrogens with zero attached hydrogens (tertiary/aromatic N) is 2. The highest BCUT2D eigenvalue weighted by atomic mass is 32.1. The summed E-state index contributed by atoms with van der Waals surface area (Å²) in [5.74, 6) is -0.570. The van der Waals surface area contributed by atoms with E-state index in [1.165, 1.54) is 12.1 Å². The quantitative estimate of drug-likeness (QED) is 0.466. The molecule has 26 heavy (non-hydrogen) atoms. The number of carbonyl (C=O) groups excluding carboxylic acids is 2. The van der Waals surface area contributed by atoms with Crippen molar-refractivity contribution < 1.29 is 19.2 Å². The zero-order chi connectivity index (χ0) is 19.5. The highest BCUT2D eigenvalue weighted by Crippen LogP contribution is 2.35. The lowest BCUT2D eigenvalue weighted by atomic mass is 10.1. The van der Waals surface area contributed by atoms with Gasteiger partial charge in [-0.15, -0.1) is 0 Å². The molecule has 0 spiro atoms. The van der Waals surface area contributed by atoms with Gasteiger partial charge in [0.15, 0.2) is 5.13 Å². The Morgan fingerprint density at radius 3 is 2.62 bits per heavy atom. The van der Waals surface area contributed by atoms with Crippen molar-refractivity contribution >= 4 is 44.4 Å². The van der Waals surface area contributed by atoms with E-state index in [-0.39, 0.29) is 22.8 Å². The summed E-state index contributed by atoms with van der Waals surface area (Å²) in [6.45, 7) is 7.40. The number of benzene rings is 1. The van der Waals surface area contributed by atoms with E-state index in [4.69, 9.17) is 4.74 Å². The Balaban J connectivity index is 2.42. The van der Waals surface area contributed by atoms with Gasteiger partial charge < -0.3 is 10.1 Å². The Bertz CT molecular complexity index is 856. The predicted molar refractivity (Wildman–Crippen MR) is 98.5 cm³/mol. The lowest BCUT2D eigenvalue weighted by Crippen LogP contribution is -2.28. The number of hydrogen-bond donors (Lipinski definition) is 2.